The number of Topliss-reactive ketones (excluding diaryl/α,β-unsaturated/α-hetero) is 1. The van der Waals surface area contributed by atoms with Crippen molar-refractivity contribution in [3.8, 4) is 0 Å². The summed E-state index contributed by atoms with van der Waals surface area (Å²) in [7, 11) is 0. The largest absolute Gasteiger partial charge is 0.454 e. The fourth-order valence-corrected chi connectivity index (χ4v) is 2.07. The van der Waals surface area contributed by atoms with Gasteiger partial charge in [0.15, 0.2) is 12.4 Å². The molecule has 2 aromatic rings. The monoisotopic (exact) mass is 355 g/mol. The molecule has 26 heavy (non-hydrogen) atoms. The lowest BCUT2D eigenvalue weighted by Gasteiger charge is -2.07. The summed E-state index contributed by atoms with van der Waals surface area (Å²) in [5.41, 5.74) is 6.58. The van der Waals surface area contributed by atoms with Crippen molar-refractivity contribution in [3.63, 3.8) is 0 Å². The molecule has 3 amide bonds. The molecule has 0 saturated heterocycles. The molecule has 0 radical (unpaired) electrons. The van der Waals surface area contributed by atoms with Crippen LogP contribution in [0.3, 0.4) is 0 Å². The lowest BCUT2D eigenvalue weighted by molar-refractivity contribution is -0.114. The molecular weight excluding hydrogens is 338 g/mol. The Labute approximate surface area is 149 Å². The number of nitrogens with one attached hydrogen (secondary N) is 2. The molecule has 0 fully saturated rings. The zero-order chi connectivity index (χ0) is 19.1. The van der Waals surface area contributed by atoms with Gasteiger partial charge in [0.1, 0.15) is 0 Å². The molecule has 0 aliphatic carbocycles. The molecule has 2 aromatic carbocycles. The first kappa shape index (κ1) is 18.7. The van der Waals surface area contributed by atoms with Gasteiger partial charge in [-0.3, -0.25) is 9.59 Å². The van der Waals surface area contributed by atoms with Gasteiger partial charge in [0.2, 0.25) is 5.91 Å². The zero-order valence-electron chi connectivity index (χ0n) is 13.9. The van der Waals surface area contributed by atoms with Crippen molar-refractivity contribution >= 4 is 35.1 Å². The molecule has 8 heteroatoms. The van der Waals surface area contributed by atoms with E-state index in [2.05, 4.69) is 10.6 Å². The summed E-state index contributed by atoms with van der Waals surface area (Å²) in [5.74, 6) is -1.26. The van der Waals surface area contributed by atoms with Gasteiger partial charge in [-0.25, -0.2) is 9.59 Å². The number of hydrogen-bond donors (Lipinski definition) is 3. The molecule has 0 spiro atoms. The number of primary amides is 1. The SMILES string of the molecule is CC(=O)Nc1ccc(C(=O)COC(=O)c2ccc(NC(N)=O)cc2)cc1. The number of amides is 3. The Kier molecular flexibility index (Phi) is 6.05. The van der Waals surface area contributed by atoms with Crippen LogP contribution in [0.4, 0.5) is 16.2 Å². The van der Waals surface area contributed by atoms with E-state index in [4.69, 9.17) is 10.5 Å². The first-order chi connectivity index (χ1) is 12.3. The number of ether oxygens (including phenoxy) is 1. The van der Waals surface area contributed by atoms with Gasteiger partial charge in [-0.15, -0.1) is 0 Å². The van der Waals surface area contributed by atoms with E-state index < -0.39 is 18.6 Å². The fraction of sp³-hybridized carbons (Fsp3) is 0.111. The number of urea groups is 1. The summed E-state index contributed by atoms with van der Waals surface area (Å²) in [6.07, 6.45) is 0. The highest BCUT2D eigenvalue weighted by molar-refractivity contribution is 6.00. The topological polar surface area (TPSA) is 128 Å². The second-order valence-electron chi connectivity index (χ2n) is 5.32. The van der Waals surface area contributed by atoms with E-state index in [-0.39, 0.29) is 17.3 Å². The van der Waals surface area contributed by atoms with Crippen molar-refractivity contribution in [2.45, 2.75) is 6.92 Å². The third kappa shape index (κ3) is 5.45. The van der Waals surface area contributed by atoms with Crippen LogP contribution in [-0.2, 0) is 9.53 Å². The minimum absolute atomic E-state index is 0.213. The van der Waals surface area contributed by atoms with E-state index >= 15 is 0 Å². The second kappa shape index (κ2) is 8.43. The molecule has 0 aliphatic heterocycles. The van der Waals surface area contributed by atoms with E-state index in [0.717, 1.165) is 0 Å². The molecule has 2 rings (SSSR count). The summed E-state index contributed by atoms with van der Waals surface area (Å²) in [4.78, 5) is 45.7. The summed E-state index contributed by atoms with van der Waals surface area (Å²) in [6, 6.07) is 11.4. The predicted molar refractivity (Wildman–Crippen MR) is 95.0 cm³/mol. The van der Waals surface area contributed by atoms with Crippen LogP contribution in [0.5, 0.6) is 0 Å². The molecule has 0 saturated carbocycles. The average Bonchev–Trinajstić information content (AvgIpc) is 2.59. The van der Waals surface area contributed by atoms with Crippen molar-refractivity contribution in [1.82, 2.24) is 0 Å². The number of carbonyl (C=O) groups is 4. The molecule has 134 valence electrons. The minimum Gasteiger partial charge on any atom is -0.454 e. The Morgan fingerprint density at radius 2 is 1.35 bits per heavy atom. The number of carbonyl (C=O) groups excluding carboxylic acids is 4. The van der Waals surface area contributed by atoms with Crippen LogP contribution in [-0.4, -0.2) is 30.3 Å². The Morgan fingerprint density at radius 3 is 1.85 bits per heavy atom. The van der Waals surface area contributed by atoms with Crippen LogP contribution < -0.4 is 16.4 Å². The van der Waals surface area contributed by atoms with Gasteiger partial charge in [-0.1, -0.05) is 0 Å². The van der Waals surface area contributed by atoms with Crippen LogP contribution in [0.1, 0.15) is 27.6 Å². The van der Waals surface area contributed by atoms with E-state index in [1.807, 2.05) is 0 Å². The van der Waals surface area contributed by atoms with E-state index in [1.54, 1.807) is 12.1 Å². The smallest absolute Gasteiger partial charge is 0.338 e. The Hall–Kier alpha value is -3.68. The third-order valence-corrected chi connectivity index (χ3v) is 3.25. The van der Waals surface area contributed by atoms with Crippen molar-refractivity contribution in [2.24, 2.45) is 5.73 Å². The first-order valence-electron chi connectivity index (χ1n) is 7.59. The number of nitrogens with two attached hydrogens (primary N) is 1. The van der Waals surface area contributed by atoms with Crippen LogP contribution in [0.15, 0.2) is 48.5 Å². The second-order valence-corrected chi connectivity index (χ2v) is 5.32. The highest BCUT2D eigenvalue weighted by atomic mass is 16.5. The van der Waals surface area contributed by atoms with Gasteiger partial charge in [-0.2, -0.15) is 0 Å². The maximum Gasteiger partial charge on any atom is 0.338 e. The van der Waals surface area contributed by atoms with Crippen LogP contribution in [0, 0.1) is 0 Å². The molecule has 0 aromatic heterocycles. The maximum atomic E-state index is 12.1. The van der Waals surface area contributed by atoms with Crippen LogP contribution >= 0.6 is 0 Å². The number of rotatable bonds is 6. The molecular formula is C18H17N3O5. The summed E-state index contributed by atoms with van der Waals surface area (Å²) < 4.78 is 4.99. The van der Waals surface area contributed by atoms with Crippen molar-refractivity contribution in [2.75, 3.05) is 17.2 Å². The Bertz CT molecular complexity index is 757. The summed E-state index contributed by atoms with van der Waals surface area (Å²) >= 11 is 0. The molecule has 0 heterocycles. The van der Waals surface area contributed by atoms with Crippen LogP contribution in [0.2, 0.25) is 0 Å². The van der Waals surface area contributed by atoms with E-state index in [9.17, 15) is 19.2 Å². The predicted octanol–water partition coefficient (Wildman–Crippen LogP) is 2.18. The highest BCUT2D eigenvalue weighted by Gasteiger charge is 2.12. The maximum absolute atomic E-state index is 12.1. The Balaban J connectivity index is 1.90. The van der Waals surface area contributed by atoms with Gasteiger partial charge < -0.3 is 21.1 Å². The molecule has 8 nitrogen and oxygen atoms in total. The van der Waals surface area contributed by atoms with Gasteiger partial charge >= 0.3 is 12.0 Å². The fourth-order valence-electron chi connectivity index (χ4n) is 2.07. The third-order valence-electron chi connectivity index (χ3n) is 3.25. The van der Waals surface area contributed by atoms with Gasteiger partial charge in [0, 0.05) is 23.9 Å². The number of anilines is 2. The molecule has 0 atom stereocenters. The number of hydrogen-bond acceptors (Lipinski definition) is 5. The summed E-state index contributed by atoms with van der Waals surface area (Å²) in [6.45, 7) is 0.967. The highest BCUT2D eigenvalue weighted by Crippen LogP contribution is 2.12. The lowest BCUT2D eigenvalue weighted by atomic mass is 10.1. The molecule has 0 bridgehead atoms. The first-order valence-corrected chi connectivity index (χ1v) is 7.59. The van der Waals surface area contributed by atoms with E-state index in [1.165, 1.54) is 43.3 Å². The van der Waals surface area contributed by atoms with Gasteiger partial charge in [-0.05, 0) is 48.5 Å². The molecule has 0 aliphatic rings. The quantitative estimate of drug-likeness (QED) is 0.540. The number of esters is 1. The van der Waals surface area contributed by atoms with E-state index in [0.29, 0.717) is 16.9 Å². The standard InChI is InChI=1S/C18H17N3O5/c1-11(22)20-14-6-2-12(3-7-14)16(23)10-26-17(24)13-4-8-15(9-5-13)21-18(19)25/h2-9H,10H2,1H3,(H,20,22)(H3,19,21,25). The minimum atomic E-state index is -0.713. The Morgan fingerprint density at radius 1 is 0.846 bits per heavy atom. The summed E-state index contributed by atoms with van der Waals surface area (Å²) in [5, 5.41) is 4.95. The zero-order valence-corrected chi connectivity index (χ0v) is 13.9. The van der Waals surface area contributed by atoms with Crippen molar-refractivity contribution in [1.29, 1.82) is 0 Å². The normalized spacial score (nSPS) is 9.88. The van der Waals surface area contributed by atoms with Gasteiger partial charge in [0.05, 0.1) is 5.56 Å². The number of ketones is 1. The van der Waals surface area contributed by atoms with Crippen molar-refractivity contribution < 1.29 is 23.9 Å². The van der Waals surface area contributed by atoms with Crippen LogP contribution in [0.25, 0.3) is 0 Å². The average molecular weight is 355 g/mol. The number of benzene rings is 2. The lowest BCUT2D eigenvalue weighted by Crippen LogP contribution is -2.19. The molecule has 4 N–H and O–H groups in total. The van der Waals surface area contributed by atoms with Crippen molar-refractivity contribution in [3.05, 3.63) is 59.7 Å². The van der Waals surface area contributed by atoms with Gasteiger partial charge in [0.25, 0.3) is 0 Å². The molecule has 0 unspecified atom stereocenters.